The Balaban J connectivity index is 3.03. The highest BCUT2D eigenvalue weighted by Gasteiger charge is 2.34. The smallest absolute Gasteiger partial charge is 0.164 e. The maximum Gasteiger partial charge on any atom is 0.164 e. The SMILES string of the molecule is COc1cc(OC)c(OC)cc1CNC(C)(C)C(C)(C)O. The van der Waals surface area contributed by atoms with Gasteiger partial charge in [0.1, 0.15) is 5.75 Å². The molecular formula is C16H27NO4. The molecule has 0 spiro atoms. The zero-order valence-electron chi connectivity index (χ0n) is 14.0. The lowest BCUT2D eigenvalue weighted by Crippen LogP contribution is -2.55. The van der Waals surface area contributed by atoms with Crippen LogP contribution in [0.2, 0.25) is 0 Å². The van der Waals surface area contributed by atoms with E-state index in [1.54, 1.807) is 41.2 Å². The summed E-state index contributed by atoms with van der Waals surface area (Å²) in [6, 6.07) is 3.68. The van der Waals surface area contributed by atoms with Gasteiger partial charge in [0.05, 0.1) is 26.9 Å². The van der Waals surface area contributed by atoms with E-state index >= 15 is 0 Å². The molecule has 0 fully saturated rings. The average Bonchev–Trinajstić information content (AvgIpc) is 2.42. The van der Waals surface area contributed by atoms with Gasteiger partial charge in [0, 0.05) is 23.7 Å². The third-order valence-corrected chi connectivity index (χ3v) is 4.04. The molecule has 1 aromatic rings. The molecule has 0 aliphatic carbocycles. The summed E-state index contributed by atoms with van der Waals surface area (Å²) < 4.78 is 16.0. The van der Waals surface area contributed by atoms with Crippen LogP contribution in [0.3, 0.4) is 0 Å². The number of methoxy groups -OCH3 is 3. The second-order valence-electron chi connectivity index (χ2n) is 6.06. The maximum absolute atomic E-state index is 10.2. The molecule has 0 heterocycles. The van der Waals surface area contributed by atoms with Gasteiger partial charge in [-0.3, -0.25) is 0 Å². The molecule has 0 amide bonds. The van der Waals surface area contributed by atoms with Crippen LogP contribution in [0, 0.1) is 0 Å². The molecule has 0 aliphatic rings. The molecule has 5 heteroatoms. The molecule has 1 rings (SSSR count). The van der Waals surface area contributed by atoms with Crippen molar-refractivity contribution in [3.05, 3.63) is 17.7 Å². The summed E-state index contributed by atoms with van der Waals surface area (Å²) in [5, 5.41) is 13.5. The van der Waals surface area contributed by atoms with E-state index in [0.29, 0.717) is 23.8 Å². The van der Waals surface area contributed by atoms with E-state index in [9.17, 15) is 5.11 Å². The zero-order valence-corrected chi connectivity index (χ0v) is 14.0. The highest BCUT2D eigenvalue weighted by molar-refractivity contribution is 5.50. The van der Waals surface area contributed by atoms with Gasteiger partial charge in [0.15, 0.2) is 11.5 Å². The molecule has 0 aliphatic heterocycles. The Labute approximate surface area is 127 Å². The monoisotopic (exact) mass is 297 g/mol. The summed E-state index contributed by atoms with van der Waals surface area (Å²) in [7, 11) is 4.81. The standard InChI is InChI=1S/C16H27NO4/c1-15(2,16(3,4)18)17-10-11-8-13(20-6)14(21-7)9-12(11)19-5/h8-9,17-18H,10H2,1-7H3. The third-order valence-electron chi connectivity index (χ3n) is 4.04. The fourth-order valence-corrected chi connectivity index (χ4v) is 1.76. The molecule has 0 atom stereocenters. The Bertz CT molecular complexity index is 478. The lowest BCUT2D eigenvalue weighted by molar-refractivity contribution is -0.00540. The molecule has 1 aromatic carbocycles. The van der Waals surface area contributed by atoms with Crippen molar-refractivity contribution in [2.75, 3.05) is 21.3 Å². The van der Waals surface area contributed by atoms with Crippen LogP contribution in [-0.2, 0) is 6.54 Å². The number of rotatable bonds is 7. The Morgan fingerprint density at radius 3 is 1.81 bits per heavy atom. The molecule has 0 unspecified atom stereocenters. The van der Waals surface area contributed by atoms with Crippen LogP contribution in [0.25, 0.3) is 0 Å². The van der Waals surface area contributed by atoms with Crippen LogP contribution in [0.1, 0.15) is 33.3 Å². The molecule has 2 N–H and O–H groups in total. The second-order valence-corrected chi connectivity index (χ2v) is 6.06. The first-order valence-electron chi connectivity index (χ1n) is 6.92. The minimum absolute atomic E-state index is 0.453. The lowest BCUT2D eigenvalue weighted by Gasteiger charge is -2.38. The summed E-state index contributed by atoms with van der Waals surface area (Å²) in [6.45, 7) is 8.03. The Morgan fingerprint density at radius 2 is 1.38 bits per heavy atom. The predicted octanol–water partition coefficient (Wildman–Crippen LogP) is 2.35. The van der Waals surface area contributed by atoms with E-state index in [-0.39, 0.29) is 0 Å². The van der Waals surface area contributed by atoms with Crippen LogP contribution in [0.5, 0.6) is 17.2 Å². The summed E-state index contributed by atoms with van der Waals surface area (Å²) in [5.74, 6) is 1.99. The van der Waals surface area contributed by atoms with Crippen molar-refractivity contribution in [2.24, 2.45) is 0 Å². The number of hydrogen-bond donors (Lipinski definition) is 2. The lowest BCUT2D eigenvalue weighted by atomic mass is 9.86. The first kappa shape index (κ1) is 17.6. The number of nitrogens with one attached hydrogen (secondary N) is 1. The second kappa shape index (κ2) is 6.54. The molecule has 120 valence electrons. The van der Waals surface area contributed by atoms with E-state index in [1.165, 1.54) is 0 Å². The van der Waals surface area contributed by atoms with Crippen LogP contribution in [0.15, 0.2) is 12.1 Å². The molecule has 0 saturated heterocycles. The van der Waals surface area contributed by atoms with Gasteiger partial charge in [0.2, 0.25) is 0 Å². The molecule has 5 nitrogen and oxygen atoms in total. The average molecular weight is 297 g/mol. The predicted molar refractivity (Wildman–Crippen MR) is 83.3 cm³/mol. The van der Waals surface area contributed by atoms with Gasteiger partial charge in [-0.25, -0.2) is 0 Å². The largest absolute Gasteiger partial charge is 0.496 e. The first-order chi connectivity index (χ1) is 9.66. The van der Waals surface area contributed by atoms with Crippen molar-refractivity contribution in [1.82, 2.24) is 5.32 Å². The Kier molecular flexibility index (Phi) is 5.48. The molecule has 21 heavy (non-hydrogen) atoms. The number of hydrogen-bond acceptors (Lipinski definition) is 5. The fraction of sp³-hybridized carbons (Fsp3) is 0.625. The quantitative estimate of drug-likeness (QED) is 0.809. The van der Waals surface area contributed by atoms with Gasteiger partial charge in [-0.15, -0.1) is 0 Å². The minimum Gasteiger partial charge on any atom is -0.496 e. The van der Waals surface area contributed by atoms with Crippen molar-refractivity contribution >= 4 is 0 Å². The van der Waals surface area contributed by atoms with E-state index in [4.69, 9.17) is 14.2 Å². The van der Waals surface area contributed by atoms with Crippen molar-refractivity contribution < 1.29 is 19.3 Å². The summed E-state index contributed by atoms with van der Waals surface area (Å²) in [4.78, 5) is 0. The Hall–Kier alpha value is -1.46. The van der Waals surface area contributed by atoms with Crippen molar-refractivity contribution in [1.29, 1.82) is 0 Å². The molecule has 0 radical (unpaired) electrons. The highest BCUT2D eigenvalue weighted by Crippen LogP contribution is 2.35. The van der Waals surface area contributed by atoms with Gasteiger partial charge in [-0.1, -0.05) is 0 Å². The normalized spacial score (nSPS) is 12.2. The first-order valence-corrected chi connectivity index (χ1v) is 6.92. The molecule has 0 saturated carbocycles. The number of benzene rings is 1. The Morgan fingerprint density at radius 1 is 0.905 bits per heavy atom. The van der Waals surface area contributed by atoms with Crippen LogP contribution in [-0.4, -0.2) is 37.6 Å². The van der Waals surface area contributed by atoms with Gasteiger partial charge in [0.25, 0.3) is 0 Å². The summed E-state index contributed by atoms with van der Waals surface area (Å²) >= 11 is 0. The van der Waals surface area contributed by atoms with E-state index < -0.39 is 11.1 Å². The minimum atomic E-state index is -0.850. The number of ether oxygens (including phenoxy) is 3. The van der Waals surface area contributed by atoms with E-state index in [1.807, 2.05) is 19.9 Å². The van der Waals surface area contributed by atoms with E-state index in [0.717, 1.165) is 5.56 Å². The zero-order chi connectivity index (χ0) is 16.3. The van der Waals surface area contributed by atoms with E-state index in [2.05, 4.69) is 5.32 Å². The van der Waals surface area contributed by atoms with Gasteiger partial charge in [-0.05, 0) is 33.8 Å². The van der Waals surface area contributed by atoms with Crippen LogP contribution in [0.4, 0.5) is 0 Å². The molecule has 0 bridgehead atoms. The highest BCUT2D eigenvalue weighted by atomic mass is 16.5. The third kappa shape index (κ3) is 4.02. The van der Waals surface area contributed by atoms with Gasteiger partial charge in [-0.2, -0.15) is 0 Å². The van der Waals surface area contributed by atoms with Crippen molar-refractivity contribution in [3.8, 4) is 17.2 Å². The summed E-state index contributed by atoms with van der Waals surface area (Å²) in [5.41, 5.74) is -0.366. The molecule has 0 aromatic heterocycles. The number of aliphatic hydroxyl groups is 1. The van der Waals surface area contributed by atoms with Crippen molar-refractivity contribution in [3.63, 3.8) is 0 Å². The fourth-order valence-electron chi connectivity index (χ4n) is 1.76. The van der Waals surface area contributed by atoms with Crippen LogP contribution < -0.4 is 19.5 Å². The molecular weight excluding hydrogens is 270 g/mol. The van der Waals surface area contributed by atoms with Gasteiger partial charge >= 0.3 is 0 Å². The van der Waals surface area contributed by atoms with Gasteiger partial charge < -0.3 is 24.6 Å². The topological polar surface area (TPSA) is 60.0 Å². The van der Waals surface area contributed by atoms with Crippen LogP contribution >= 0.6 is 0 Å². The maximum atomic E-state index is 10.2. The summed E-state index contributed by atoms with van der Waals surface area (Å²) in [6.07, 6.45) is 0. The van der Waals surface area contributed by atoms with Crippen molar-refractivity contribution in [2.45, 2.75) is 45.4 Å².